The van der Waals surface area contributed by atoms with Gasteiger partial charge in [0.2, 0.25) is 5.91 Å². The predicted octanol–water partition coefficient (Wildman–Crippen LogP) is 1.70. The number of nitrogens with zero attached hydrogens (tertiary/aromatic N) is 5. The fourth-order valence-corrected chi connectivity index (χ4v) is 3.55. The van der Waals surface area contributed by atoms with E-state index in [0.717, 1.165) is 49.4 Å². The van der Waals surface area contributed by atoms with Crippen LogP contribution in [-0.2, 0) is 11.2 Å². The van der Waals surface area contributed by atoms with Crippen LogP contribution >= 0.6 is 12.4 Å². The largest absolute Gasteiger partial charge is 0.338 e. The van der Waals surface area contributed by atoms with Crippen LogP contribution in [0.25, 0.3) is 5.78 Å². The van der Waals surface area contributed by atoms with Gasteiger partial charge in [-0.3, -0.25) is 4.79 Å². The molecule has 0 saturated carbocycles. The van der Waals surface area contributed by atoms with Crippen LogP contribution in [0.4, 0.5) is 0 Å². The first kappa shape index (κ1) is 19.6. The fraction of sp³-hybridized carbons (Fsp3) is 0.647. The number of hydrogen-bond acceptors (Lipinski definition) is 5. The lowest BCUT2D eigenvalue weighted by Gasteiger charge is -2.28. The lowest BCUT2D eigenvalue weighted by Crippen LogP contribution is -2.42. The third-order valence-electron chi connectivity index (χ3n) is 4.84. The van der Waals surface area contributed by atoms with Crippen LogP contribution in [0.3, 0.4) is 0 Å². The molecule has 0 radical (unpaired) electrons. The van der Waals surface area contributed by atoms with Gasteiger partial charge in [-0.25, -0.2) is 9.50 Å². The van der Waals surface area contributed by atoms with Crippen molar-refractivity contribution in [3.8, 4) is 0 Å². The molecule has 1 unspecified atom stereocenters. The van der Waals surface area contributed by atoms with Gasteiger partial charge in [0, 0.05) is 36.9 Å². The van der Waals surface area contributed by atoms with Gasteiger partial charge >= 0.3 is 0 Å². The molecule has 0 bridgehead atoms. The Morgan fingerprint density at radius 2 is 2.24 bits per heavy atom. The maximum atomic E-state index is 12.8. The first-order chi connectivity index (χ1) is 11.6. The first-order valence-corrected chi connectivity index (χ1v) is 8.77. The molecule has 1 atom stereocenters. The Bertz CT molecular complexity index is 725. The minimum absolute atomic E-state index is 0. The van der Waals surface area contributed by atoms with Crippen LogP contribution in [0.1, 0.15) is 43.1 Å². The van der Waals surface area contributed by atoms with Gasteiger partial charge in [-0.1, -0.05) is 6.92 Å². The third-order valence-corrected chi connectivity index (χ3v) is 4.84. The van der Waals surface area contributed by atoms with Crippen molar-refractivity contribution in [3.63, 3.8) is 0 Å². The smallest absolute Gasteiger partial charge is 0.252 e. The minimum atomic E-state index is 0. The average molecular weight is 367 g/mol. The molecule has 0 spiro atoms. The lowest BCUT2D eigenvalue weighted by molar-refractivity contribution is -0.133. The van der Waals surface area contributed by atoms with E-state index < -0.39 is 0 Å². The Labute approximate surface area is 154 Å². The number of rotatable bonds is 6. The molecule has 138 valence electrons. The molecule has 1 fully saturated rings. The molecule has 0 aliphatic carbocycles. The molecule has 25 heavy (non-hydrogen) atoms. The van der Waals surface area contributed by atoms with Gasteiger partial charge in [0.1, 0.15) is 6.33 Å². The number of carbonyl (C=O) groups excluding carboxylic acids is 1. The highest BCUT2D eigenvalue weighted by Gasteiger charge is 2.25. The number of aryl methyl sites for hydroxylation is 2. The van der Waals surface area contributed by atoms with E-state index in [4.69, 9.17) is 0 Å². The maximum Gasteiger partial charge on any atom is 0.252 e. The van der Waals surface area contributed by atoms with Crippen molar-refractivity contribution in [1.29, 1.82) is 0 Å². The summed E-state index contributed by atoms with van der Waals surface area (Å²) in [5.41, 5.74) is 3.06. The molecule has 8 heteroatoms. The molecule has 0 aromatic carbocycles. The molecule has 2 aromatic heterocycles. The van der Waals surface area contributed by atoms with Crippen molar-refractivity contribution in [2.24, 2.45) is 0 Å². The molecule has 3 rings (SSSR count). The predicted molar refractivity (Wildman–Crippen MR) is 99.1 cm³/mol. The highest BCUT2D eigenvalue weighted by atomic mass is 35.5. The summed E-state index contributed by atoms with van der Waals surface area (Å²) in [6.07, 6.45) is 4.77. The van der Waals surface area contributed by atoms with Crippen LogP contribution in [0.2, 0.25) is 0 Å². The summed E-state index contributed by atoms with van der Waals surface area (Å²) in [6, 6.07) is 0.343. The molecular formula is C17H27ClN6O. The van der Waals surface area contributed by atoms with E-state index in [0.29, 0.717) is 24.7 Å². The number of amides is 1. The van der Waals surface area contributed by atoms with Crippen LogP contribution in [0.15, 0.2) is 6.33 Å². The average Bonchev–Trinajstić information content (AvgIpc) is 3.23. The molecule has 3 heterocycles. The van der Waals surface area contributed by atoms with E-state index in [1.165, 1.54) is 6.33 Å². The van der Waals surface area contributed by atoms with Crippen molar-refractivity contribution in [2.45, 2.75) is 52.5 Å². The minimum Gasteiger partial charge on any atom is -0.338 e. The third kappa shape index (κ3) is 4.10. The lowest BCUT2D eigenvalue weighted by atomic mass is 10.1. The summed E-state index contributed by atoms with van der Waals surface area (Å²) in [4.78, 5) is 23.5. The second kappa shape index (κ2) is 8.58. The quantitative estimate of drug-likeness (QED) is 0.842. The molecule has 2 aromatic rings. The Hall–Kier alpha value is -1.73. The summed E-state index contributed by atoms with van der Waals surface area (Å²) in [5.74, 6) is 0.854. The van der Waals surface area contributed by atoms with Gasteiger partial charge in [0.25, 0.3) is 5.78 Å². The number of fused-ring (bicyclic) bond motifs is 1. The van der Waals surface area contributed by atoms with Crippen molar-refractivity contribution in [3.05, 3.63) is 23.3 Å². The number of nitrogens with one attached hydrogen (secondary N) is 1. The van der Waals surface area contributed by atoms with Crippen LogP contribution in [0.5, 0.6) is 0 Å². The monoisotopic (exact) mass is 366 g/mol. The maximum absolute atomic E-state index is 12.8. The van der Waals surface area contributed by atoms with E-state index in [9.17, 15) is 4.79 Å². The van der Waals surface area contributed by atoms with E-state index in [2.05, 4.69) is 32.2 Å². The van der Waals surface area contributed by atoms with Crippen LogP contribution < -0.4 is 5.32 Å². The van der Waals surface area contributed by atoms with Gasteiger partial charge in [0.15, 0.2) is 0 Å². The number of halogens is 1. The summed E-state index contributed by atoms with van der Waals surface area (Å²) < 4.78 is 1.75. The summed E-state index contributed by atoms with van der Waals surface area (Å²) in [5, 5.41) is 7.57. The second-order valence-corrected chi connectivity index (χ2v) is 6.47. The highest BCUT2D eigenvalue weighted by molar-refractivity contribution is 5.85. The summed E-state index contributed by atoms with van der Waals surface area (Å²) in [6.45, 7) is 8.87. The van der Waals surface area contributed by atoms with Gasteiger partial charge in [-0.05, 0) is 45.2 Å². The van der Waals surface area contributed by atoms with E-state index >= 15 is 0 Å². The molecule has 1 saturated heterocycles. The van der Waals surface area contributed by atoms with Gasteiger partial charge in [-0.2, -0.15) is 10.1 Å². The molecular weight excluding hydrogens is 340 g/mol. The van der Waals surface area contributed by atoms with Crippen LogP contribution in [0, 0.1) is 13.8 Å². The fourth-order valence-electron chi connectivity index (χ4n) is 3.55. The zero-order valence-electron chi connectivity index (χ0n) is 15.2. The first-order valence-electron chi connectivity index (χ1n) is 8.77. The van der Waals surface area contributed by atoms with Crippen LogP contribution in [-0.4, -0.2) is 56.1 Å². The number of carbonyl (C=O) groups is 1. The van der Waals surface area contributed by atoms with Crippen molar-refractivity contribution in [1.82, 2.24) is 29.8 Å². The Morgan fingerprint density at radius 3 is 2.92 bits per heavy atom. The van der Waals surface area contributed by atoms with Crippen molar-refractivity contribution < 1.29 is 4.79 Å². The van der Waals surface area contributed by atoms with Crippen molar-refractivity contribution in [2.75, 3.05) is 19.6 Å². The topological polar surface area (TPSA) is 75.4 Å². The number of hydrogen-bond donors (Lipinski definition) is 1. The highest BCUT2D eigenvalue weighted by Crippen LogP contribution is 2.17. The molecule has 7 nitrogen and oxygen atoms in total. The molecule has 1 N–H and O–H groups in total. The SMILES string of the molecule is CCCN(C(=O)CCc1c(C)nc2ncnn2c1C)C1CCNC1.Cl. The Morgan fingerprint density at radius 1 is 1.44 bits per heavy atom. The molecule has 1 amide bonds. The normalized spacial score (nSPS) is 16.8. The standard InChI is InChI=1S/C17H26N6O.ClH/c1-4-9-22(14-7-8-18-10-14)16(24)6-5-15-12(2)21-17-19-11-20-23(17)13(15)3;/h11,14,18H,4-10H2,1-3H3;1H. The second-order valence-electron chi connectivity index (χ2n) is 6.47. The number of aromatic nitrogens is 4. The molecule has 1 aliphatic rings. The van der Waals surface area contributed by atoms with E-state index in [1.54, 1.807) is 4.52 Å². The Kier molecular flexibility index (Phi) is 6.72. The van der Waals surface area contributed by atoms with E-state index in [-0.39, 0.29) is 18.3 Å². The molecule has 1 aliphatic heterocycles. The van der Waals surface area contributed by atoms with Gasteiger partial charge in [-0.15, -0.1) is 12.4 Å². The van der Waals surface area contributed by atoms with Crippen molar-refractivity contribution >= 4 is 24.1 Å². The van der Waals surface area contributed by atoms with Gasteiger partial charge in [0.05, 0.1) is 0 Å². The zero-order valence-corrected chi connectivity index (χ0v) is 16.0. The summed E-state index contributed by atoms with van der Waals surface area (Å²) >= 11 is 0. The van der Waals surface area contributed by atoms with Gasteiger partial charge < -0.3 is 10.2 Å². The summed E-state index contributed by atoms with van der Waals surface area (Å²) in [7, 11) is 0. The Balaban J connectivity index is 0.00000225. The van der Waals surface area contributed by atoms with E-state index in [1.807, 2.05) is 13.8 Å². The zero-order chi connectivity index (χ0) is 17.1.